The van der Waals surface area contributed by atoms with Gasteiger partial charge >= 0.3 is 0 Å². The first kappa shape index (κ1) is 22.2. The van der Waals surface area contributed by atoms with Crippen LogP contribution in [0.5, 0.6) is 0 Å². The number of nitrogens with one attached hydrogen (secondary N) is 1. The summed E-state index contributed by atoms with van der Waals surface area (Å²) in [6, 6.07) is 13.6. The number of anilines is 1. The summed E-state index contributed by atoms with van der Waals surface area (Å²) in [6.07, 6.45) is 1.66. The first-order valence-electron chi connectivity index (χ1n) is 9.88. The highest BCUT2D eigenvalue weighted by Gasteiger charge is 2.13. The van der Waals surface area contributed by atoms with Gasteiger partial charge in [-0.1, -0.05) is 29.8 Å². The molecule has 9 heteroatoms. The molecule has 4 aromatic rings. The van der Waals surface area contributed by atoms with Crippen molar-refractivity contribution >= 4 is 39.3 Å². The number of carbonyl (C=O) groups is 1. The molecule has 6 nitrogen and oxygen atoms in total. The molecule has 2 aromatic carbocycles. The molecule has 0 atom stereocenters. The first-order chi connectivity index (χ1) is 15.3. The van der Waals surface area contributed by atoms with Crippen molar-refractivity contribution in [3.8, 4) is 0 Å². The number of nitrogens with zero attached hydrogens (tertiary/aromatic N) is 4. The van der Waals surface area contributed by atoms with Gasteiger partial charge in [0, 0.05) is 28.4 Å². The summed E-state index contributed by atoms with van der Waals surface area (Å²) in [6.45, 7) is 4.65. The van der Waals surface area contributed by atoms with E-state index in [2.05, 4.69) is 31.4 Å². The minimum atomic E-state index is -0.398. The zero-order chi connectivity index (χ0) is 22.8. The number of rotatable bonds is 6. The molecule has 164 valence electrons. The van der Waals surface area contributed by atoms with Crippen LogP contribution >= 0.6 is 27.5 Å². The van der Waals surface area contributed by atoms with Crippen LogP contribution in [0, 0.1) is 19.7 Å². The second kappa shape index (κ2) is 9.26. The zero-order valence-corrected chi connectivity index (χ0v) is 19.8. The fourth-order valence-corrected chi connectivity index (χ4v) is 3.87. The number of aromatic nitrogens is 4. The number of benzene rings is 2. The predicted octanol–water partition coefficient (Wildman–Crippen LogP) is 5.60. The molecule has 0 bridgehead atoms. The molecule has 0 unspecified atom stereocenters. The van der Waals surface area contributed by atoms with Crippen molar-refractivity contribution in [3.63, 3.8) is 0 Å². The summed E-state index contributed by atoms with van der Waals surface area (Å²) < 4.78 is 18.4. The summed E-state index contributed by atoms with van der Waals surface area (Å²) in [4.78, 5) is 12.7. The van der Waals surface area contributed by atoms with Gasteiger partial charge in [-0.2, -0.15) is 10.2 Å². The van der Waals surface area contributed by atoms with Crippen LogP contribution < -0.4 is 5.32 Å². The van der Waals surface area contributed by atoms with Gasteiger partial charge < -0.3 is 5.32 Å². The van der Waals surface area contributed by atoms with Gasteiger partial charge in [0.15, 0.2) is 5.82 Å². The molecule has 32 heavy (non-hydrogen) atoms. The average molecular weight is 517 g/mol. The maximum atomic E-state index is 14.0. The van der Waals surface area contributed by atoms with E-state index in [1.807, 2.05) is 36.7 Å². The van der Waals surface area contributed by atoms with Gasteiger partial charge in [0.05, 0.1) is 29.0 Å². The van der Waals surface area contributed by atoms with Gasteiger partial charge in [-0.15, -0.1) is 0 Å². The maximum absolute atomic E-state index is 14.0. The molecule has 0 spiro atoms. The van der Waals surface area contributed by atoms with E-state index in [1.54, 1.807) is 30.5 Å². The van der Waals surface area contributed by atoms with Crippen LogP contribution in [0.2, 0.25) is 5.02 Å². The minimum Gasteiger partial charge on any atom is -0.305 e. The van der Waals surface area contributed by atoms with Crippen LogP contribution in [0.1, 0.15) is 32.9 Å². The molecule has 1 amide bonds. The Labute approximate surface area is 198 Å². The third-order valence-electron chi connectivity index (χ3n) is 5.08. The van der Waals surface area contributed by atoms with E-state index >= 15 is 0 Å². The fraction of sp³-hybridized carbons (Fsp3) is 0.174. The van der Waals surface area contributed by atoms with Gasteiger partial charge in [-0.3, -0.25) is 14.2 Å². The predicted molar refractivity (Wildman–Crippen MR) is 126 cm³/mol. The molecule has 0 saturated carbocycles. The lowest BCUT2D eigenvalue weighted by Gasteiger charge is -2.08. The lowest BCUT2D eigenvalue weighted by molar-refractivity contribution is 0.102. The third kappa shape index (κ3) is 4.76. The van der Waals surface area contributed by atoms with Gasteiger partial charge in [-0.25, -0.2) is 4.39 Å². The fourth-order valence-electron chi connectivity index (χ4n) is 3.36. The topological polar surface area (TPSA) is 64.7 Å². The standard InChI is InChI=1S/C23H20BrClFN5O/c1-14-22(24)15(2)31(28-14)12-16-5-3-6-17(11-16)23(32)27-21-9-10-30(29-21)13-18-19(25)7-4-8-20(18)26/h3-11H,12-13H2,1-2H3,(H,27,29,32). The highest BCUT2D eigenvalue weighted by molar-refractivity contribution is 9.10. The second-order valence-corrected chi connectivity index (χ2v) is 8.60. The normalized spacial score (nSPS) is 11.0. The summed E-state index contributed by atoms with van der Waals surface area (Å²) >= 11 is 9.62. The Bertz CT molecular complexity index is 1280. The van der Waals surface area contributed by atoms with Crippen molar-refractivity contribution < 1.29 is 9.18 Å². The molecule has 0 aliphatic heterocycles. The maximum Gasteiger partial charge on any atom is 0.256 e. The first-order valence-corrected chi connectivity index (χ1v) is 11.0. The summed E-state index contributed by atoms with van der Waals surface area (Å²) in [5.41, 5.74) is 3.76. The molecule has 2 heterocycles. The van der Waals surface area contributed by atoms with Crippen LogP contribution in [0.4, 0.5) is 10.2 Å². The second-order valence-electron chi connectivity index (χ2n) is 7.40. The number of carbonyl (C=O) groups excluding carboxylic acids is 1. The van der Waals surface area contributed by atoms with Gasteiger partial charge in [-0.05, 0) is 59.6 Å². The highest BCUT2D eigenvalue weighted by Crippen LogP contribution is 2.22. The minimum absolute atomic E-state index is 0.162. The summed E-state index contributed by atoms with van der Waals surface area (Å²) in [5.74, 6) is -0.309. The summed E-state index contributed by atoms with van der Waals surface area (Å²) in [5, 5.41) is 11.9. The van der Waals surface area contributed by atoms with Gasteiger partial charge in [0.1, 0.15) is 5.82 Å². The number of amides is 1. The Kier molecular flexibility index (Phi) is 6.43. The van der Waals surface area contributed by atoms with E-state index in [-0.39, 0.29) is 12.5 Å². The Balaban J connectivity index is 1.45. The average Bonchev–Trinajstić information content (AvgIpc) is 3.30. The number of hydrogen-bond donors (Lipinski definition) is 1. The molecule has 0 radical (unpaired) electrons. The lowest BCUT2D eigenvalue weighted by atomic mass is 10.1. The lowest BCUT2D eigenvalue weighted by Crippen LogP contribution is -2.14. The molecule has 0 fully saturated rings. The van der Waals surface area contributed by atoms with Crippen molar-refractivity contribution in [2.45, 2.75) is 26.9 Å². The van der Waals surface area contributed by atoms with Crippen molar-refractivity contribution in [1.29, 1.82) is 0 Å². The number of halogens is 3. The van der Waals surface area contributed by atoms with Crippen molar-refractivity contribution in [1.82, 2.24) is 19.6 Å². The molecule has 4 rings (SSSR count). The zero-order valence-electron chi connectivity index (χ0n) is 17.4. The van der Waals surface area contributed by atoms with Crippen molar-refractivity contribution in [2.24, 2.45) is 0 Å². The van der Waals surface area contributed by atoms with Crippen LogP contribution in [0.25, 0.3) is 0 Å². The van der Waals surface area contributed by atoms with Crippen LogP contribution in [-0.4, -0.2) is 25.5 Å². The molecule has 0 aliphatic carbocycles. The van der Waals surface area contributed by atoms with E-state index in [0.717, 1.165) is 21.4 Å². The molecule has 0 saturated heterocycles. The summed E-state index contributed by atoms with van der Waals surface area (Å²) in [7, 11) is 0. The van der Waals surface area contributed by atoms with Gasteiger partial charge in [0.25, 0.3) is 5.91 Å². The van der Waals surface area contributed by atoms with E-state index in [4.69, 9.17) is 11.6 Å². The van der Waals surface area contributed by atoms with E-state index < -0.39 is 5.82 Å². The van der Waals surface area contributed by atoms with Crippen LogP contribution in [0.3, 0.4) is 0 Å². The highest BCUT2D eigenvalue weighted by atomic mass is 79.9. The number of hydrogen-bond acceptors (Lipinski definition) is 3. The van der Waals surface area contributed by atoms with Gasteiger partial charge in [0.2, 0.25) is 0 Å². The van der Waals surface area contributed by atoms with Crippen molar-refractivity contribution in [2.75, 3.05) is 5.32 Å². The monoisotopic (exact) mass is 515 g/mol. The van der Waals surface area contributed by atoms with E-state index in [9.17, 15) is 9.18 Å². The Morgan fingerprint density at radius 3 is 2.62 bits per heavy atom. The largest absolute Gasteiger partial charge is 0.305 e. The molecular weight excluding hydrogens is 497 g/mol. The van der Waals surface area contributed by atoms with E-state index in [1.165, 1.54) is 10.7 Å². The Morgan fingerprint density at radius 1 is 1.12 bits per heavy atom. The molecule has 1 N–H and O–H groups in total. The molecular formula is C23H20BrClFN5O. The number of aryl methyl sites for hydroxylation is 1. The molecule has 0 aliphatic rings. The smallest absolute Gasteiger partial charge is 0.256 e. The van der Waals surface area contributed by atoms with Crippen LogP contribution in [0.15, 0.2) is 59.2 Å². The third-order valence-corrected chi connectivity index (χ3v) is 6.58. The Hall–Kier alpha value is -2.97. The van der Waals surface area contributed by atoms with Crippen LogP contribution in [-0.2, 0) is 13.1 Å². The SMILES string of the molecule is Cc1nn(Cc2cccc(C(=O)Nc3ccn(Cc4c(F)cccc4Cl)n3)c2)c(C)c1Br. The quantitative estimate of drug-likeness (QED) is 0.363. The molecule has 2 aromatic heterocycles. The van der Waals surface area contributed by atoms with E-state index in [0.29, 0.717) is 28.5 Å². The Morgan fingerprint density at radius 2 is 1.91 bits per heavy atom. The van der Waals surface area contributed by atoms with Crippen molar-refractivity contribution in [3.05, 3.63) is 98.1 Å².